The molecule has 2 aliphatic rings. The van der Waals surface area contributed by atoms with Crippen LogP contribution < -0.4 is 10.9 Å². The Labute approximate surface area is 200 Å². The number of aromatic nitrogens is 4. The number of amides is 2. The molecule has 1 saturated carbocycles. The Balaban J connectivity index is 1.53. The quantitative estimate of drug-likeness (QED) is 0.597. The van der Waals surface area contributed by atoms with Crippen LogP contribution in [0.3, 0.4) is 0 Å². The molecule has 1 saturated heterocycles. The molecule has 2 fully saturated rings. The van der Waals surface area contributed by atoms with E-state index in [1.807, 2.05) is 6.07 Å². The molecular weight excluding hydrogens is 455 g/mol. The summed E-state index contributed by atoms with van der Waals surface area (Å²) >= 11 is 0. The summed E-state index contributed by atoms with van der Waals surface area (Å²) < 4.78 is 21.3. The average Bonchev–Trinajstić information content (AvgIpc) is 3.34. The van der Waals surface area contributed by atoms with Crippen LogP contribution in [-0.2, 0) is 16.1 Å². The van der Waals surface area contributed by atoms with Crippen LogP contribution in [0.4, 0.5) is 10.2 Å². The molecule has 2 amide bonds. The number of morpholine rings is 1. The van der Waals surface area contributed by atoms with E-state index < -0.39 is 17.3 Å². The molecule has 0 spiro atoms. The Bertz CT molecular complexity index is 1290. The summed E-state index contributed by atoms with van der Waals surface area (Å²) in [7, 11) is 0. The van der Waals surface area contributed by atoms with Crippen molar-refractivity contribution in [3.63, 3.8) is 0 Å². The van der Waals surface area contributed by atoms with Gasteiger partial charge in [-0.3, -0.25) is 14.4 Å². The molecular formula is C24H27FN6O4. The topological polar surface area (TPSA) is 111 Å². The van der Waals surface area contributed by atoms with Crippen molar-refractivity contribution in [3.05, 3.63) is 58.0 Å². The number of nitrogens with one attached hydrogen (secondary N) is 1. The normalized spacial score (nSPS) is 17.0. The number of hydrogen-bond acceptors (Lipinski definition) is 6. The molecule has 1 aliphatic carbocycles. The molecule has 11 heteroatoms. The molecule has 1 aliphatic heterocycles. The Morgan fingerprint density at radius 1 is 1.11 bits per heavy atom. The summed E-state index contributed by atoms with van der Waals surface area (Å²) in [5.41, 5.74) is 0.876. The van der Waals surface area contributed by atoms with Gasteiger partial charge in [-0.15, -0.1) is 0 Å². The molecule has 184 valence electrons. The smallest absolute Gasteiger partial charge is 0.275 e. The van der Waals surface area contributed by atoms with E-state index in [0.717, 1.165) is 37.6 Å². The van der Waals surface area contributed by atoms with E-state index in [0.29, 0.717) is 32.0 Å². The first-order valence-corrected chi connectivity index (χ1v) is 11.9. The second-order valence-corrected chi connectivity index (χ2v) is 8.94. The highest BCUT2D eigenvalue weighted by Crippen LogP contribution is 2.32. The fourth-order valence-electron chi connectivity index (χ4n) is 4.77. The van der Waals surface area contributed by atoms with E-state index in [9.17, 15) is 18.8 Å². The molecule has 0 unspecified atom stereocenters. The Morgan fingerprint density at radius 2 is 1.89 bits per heavy atom. The summed E-state index contributed by atoms with van der Waals surface area (Å²) in [5, 5.41) is 7.19. The van der Waals surface area contributed by atoms with Gasteiger partial charge in [0.15, 0.2) is 0 Å². The number of pyridine rings is 1. The van der Waals surface area contributed by atoms with E-state index in [1.54, 1.807) is 4.90 Å². The zero-order chi connectivity index (χ0) is 24.4. The number of ether oxygens (including phenoxy) is 1. The van der Waals surface area contributed by atoms with Gasteiger partial charge < -0.3 is 19.5 Å². The summed E-state index contributed by atoms with van der Waals surface area (Å²) in [6.07, 6.45) is 6.40. The Hall–Kier alpha value is -3.60. The molecule has 10 nitrogen and oxygen atoms in total. The van der Waals surface area contributed by atoms with Gasteiger partial charge in [-0.25, -0.2) is 9.37 Å². The number of anilines is 1. The molecule has 1 N–H and O–H groups in total. The largest absolute Gasteiger partial charge is 0.378 e. The van der Waals surface area contributed by atoms with Gasteiger partial charge in [0.2, 0.25) is 5.91 Å². The number of rotatable bonds is 5. The van der Waals surface area contributed by atoms with Crippen LogP contribution in [0.25, 0.3) is 5.65 Å². The molecule has 5 rings (SSSR count). The van der Waals surface area contributed by atoms with E-state index >= 15 is 0 Å². The average molecular weight is 483 g/mol. The predicted octanol–water partition coefficient (Wildman–Crippen LogP) is 2.19. The Morgan fingerprint density at radius 3 is 2.60 bits per heavy atom. The molecule has 0 bridgehead atoms. The van der Waals surface area contributed by atoms with Crippen LogP contribution in [0.15, 0.2) is 35.3 Å². The summed E-state index contributed by atoms with van der Waals surface area (Å²) in [4.78, 5) is 44.8. The minimum Gasteiger partial charge on any atom is -0.378 e. The fourth-order valence-corrected chi connectivity index (χ4v) is 4.77. The van der Waals surface area contributed by atoms with Crippen molar-refractivity contribution >= 4 is 23.3 Å². The van der Waals surface area contributed by atoms with Gasteiger partial charge in [-0.05, 0) is 25.0 Å². The number of carbonyl (C=O) groups is 2. The zero-order valence-electron chi connectivity index (χ0n) is 19.3. The SMILES string of the molecule is O=C(Cn1c(C(=O)N2CCOCC2)cc(=O)n2nc(C3CCCCC3)cc12)Nc1ccc(F)cn1. The van der Waals surface area contributed by atoms with Gasteiger partial charge >= 0.3 is 0 Å². The third-order valence-corrected chi connectivity index (χ3v) is 6.58. The van der Waals surface area contributed by atoms with Crippen molar-refractivity contribution in [2.24, 2.45) is 0 Å². The highest BCUT2D eigenvalue weighted by atomic mass is 19.1. The third kappa shape index (κ3) is 4.95. The summed E-state index contributed by atoms with van der Waals surface area (Å²) in [5.74, 6) is -0.900. The van der Waals surface area contributed by atoms with Crippen molar-refractivity contribution in [2.75, 3.05) is 31.6 Å². The molecule has 3 aromatic heterocycles. The maximum atomic E-state index is 13.4. The lowest BCUT2D eigenvalue weighted by molar-refractivity contribution is -0.116. The second kappa shape index (κ2) is 9.95. The van der Waals surface area contributed by atoms with Crippen molar-refractivity contribution in [1.29, 1.82) is 0 Å². The van der Waals surface area contributed by atoms with Crippen LogP contribution in [0.5, 0.6) is 0 Å². The molecule has 3 aromatic rings. The molecule has 0 radical (unpaired) electrons. The van der Waals surface area contributed by atoms with Gasteiger partial charge in [0.25, 0.3) is 11.5 Å². The van der Waals surface area contributed by atoms with E-state index in [1.165, 1.54) is 33.7 Å². The first-order chi connectivity index (χ1) is 17.0. The molecule has 4 heterocycles. The lowest BCUT2D eigenvalue weighted by Gasteiger charge is -2.28. The van der Waals surface area contributed by atoms with E-state index in [4.69, 9.17) is 4.74 Å². The fraction of sp³-hybridized carbons (Fsp3) is 0.458. The highest BCUT2D eigenvalue weighted by Gasteiger charge is 2.26. The van der Waals surface area contributed by atoms with E-state index in [-0.39, 0.29) is 29.9 Å². The first-order valence-electron chi connectivity index (χ1n) is 11.9. The maximum absolute atomic E-state index is 13.4. The number of nitrogens with zero attached hydrogens (tertiary/aromatic N) is 5. The summed E-state index contributed by atoms with van der Waals surface area (Å²) in [6.45, 7) is 1.37. The zero-order valence-corrected chi connectivity index (χ0v) is 19.3. The monoisotopic (exact) mass is 482 g/mol. The van der Waals surface area contributed by atoms with Crippen LogP contribution in [0.1, 0.15) is 54.2 Å². The Kier molecular flexibility index (Phi) is 6.58. The number of fused-ring (bicyclic) bond motifs is 1. The minimum atomic E-state index is -0.516. The van der Waals surface area contributed by atoms with Gasteiger partial charge in [0.1, 0.15) is 29.5 Å². The van der Waals surface area contributed by atoms with Crippen LogP contribution in [0, 0.1) is 5.82 Å². The van der Waals surface area contributed by atoms with Crippen LogP contribution in [0.2, 0.25) is 0 Å². The lowest BCUT2D eigenvalue weighted by atomic mass is 9.87. The van der Waals surface area contributed by atoms with Crippen molar-refractivity contribution in [2.45, 2.75) is 44.6 Å². The maximum Gasteiger partial charge on any atom is 0.275 e. The van der Waals surface area contributed by atoms with Gasteiger partial charge in [0.05, 0.1) is 25.1 Å². The third-order valence-electron chi connectivity index (χ3n) is 6.58. The minimum absolute atomic E-state index is 0.113. The number of hydrogen-bond donors (Lipinski definition) is 1. The van der Waals surface area contributed by atoms with Crippen LogP contribution in [-0.4, -0.2) is 62.2 Å². The molecule has 0 aromatic carbocycles. The highest BCUT2D eigenvalue weighted by molar-refractivity contribution is 5.95. The predicted molar refractivity (Wildman–Crippen MR) is 125 cm³/mol. The molecule has 35 heavy (non-hydrogen) atoms. The van der Waals surface area contributed by atoms with Crippen molar-refractivity contribution in [1.82, 2.24) is 24.1 Å². The second-order valence-electron chi connectivity index (χ2n) is 8.94. The van der Waals surface area contributed by atoms with Crippen molar-refractivity contribution in [3.8, 4) is 0 Å². The standard InChI is InChI=1S/C24H27FN6O4/c25-17-6-7-20(26-14-17)27-21(32)15-30-19(24(34)29-8-10-35-11-9-29)13-23(33)31-22(30)12-18(28-31)16-4-2-1-3-5-16/h6-7,12-14,16H,1-5,8-11,15H2,(H,26,27,32). The van der Waals surface area contributed by atoms with Gasteiger partial charge in [-0.2, -0.15) is 9.61 Å². The van der Waals surface area contributed by atoms with Gasteiger partial charge in [0, 0.05) is 31.1 Å². The van der Waals surface area contributed by atoms with Gasteiger partial charge in [-0.1, -0.05) is 19.3 Å². The number of halogens is 1. The van der Waals surface area contributed by atoms with Crippen LogP contribution >= 0.6 is 0 Å². The van der Waals surface area contributed by atoms with Crippen molar-refractivity contribution < 1.29 is 18.7 Å². The lowest BCUT2D eigenvalue weighted by Crippen LogP contribution is -2.42. The summed E-state index contributed by atoms with van der Waals surface area (Å²) in [6, 6.07) is 5.61. The number of carbonyl (C=O) groups excluding carboxylic acids is 2. The van der Waals surface area contributed by atoms with E-state index in [2.05, 4.69) is 15.4 Å². The molecule has 0 atom stereocenters. The first kappa shape index (κ1) is 23.2.